The Labute approximate surface area is 106 Å². The smallest absolute Gasteiger partial charge is 0.0933 e. The molecule has 1 aromatic heterocycles. The van der Waals surface area contributed by atoms with Crippen molar-refractivity contribution in [3.63, 3.8) is 0 Å². The SMILES string of the molecule is Cc1nsc(C)c1CNOCc1ccccc1. The Kier molecular flexibility index (Phi) is 4.25. The van der Waals surface area contributed by atoms with E-state index in [4.69, 9.17) is 4.84 Å². The Hall–Kier alpha value is -1.23. The summed E-state index contributed by atoms with van der Waals surface area (Å²) >= 11 is 1.54. The fourth-order valence-electron chi connectivity index (χ4n) is 1.59. The van der Waals surface area contributed by atoms with Crippen molar-refractivity contribution in [3.8, 4) is 0 Å². The first kappa shape index (κ1) is 12.2. The number of rotatable bonds is 5. The molecule has 0 fully saturated rings. The van der Waals surface area contributed by atoms with E-state index in [1.165, 1.54) is 22.0 Å². The molecule has 17 heavy (non-hydrogen) atoms. The second-order valence-corrected chi connectivity index (χ2v) is 4.88. The third kappa shape index (κ3) is 3.36. The van der Waals surface area contributed by atoms with Crippen molar-refractivity contribution in [2.24, 2.45) is 0 Å². The molecule has 90 valence electrons. The van der Waals surface area contributed by atoms with E-state index >= 15 is 0 Å². The van der Waals surface area contributed by atoms with Crippen molar-refractivity contribution in [3.05, 3.63) is 52.0 Å². The number of hydroxylamine groups is 1. The zero-order valence-corrected chi connectivity index (χ0v) is 10.9. The molecule has 1 heterocycles. The Bertz CT molecular complexity index is 448. The van der Waals surface area contributed by atoms with Gasteiger partial charge >= 0.3 is 0 Å². The van der Waals surface area contributed by atoms with E-state index in [0.29, 0.717) is 13.2 Å². The van der Waals surface area contributed by atoms with Crippen molar-refractivity contribution in [1.29, 1.82) is 0 Å². The minimum Gasteiger partial charge on any atom is -0.297 e. The first-order valence-electron chi connectivity index (χ1n) is 5.57. The molecule has 1 aromatic carbocycles. The Balaban J connectivity index is 1.77. The van der Waals surface area contributed by atoms with Gasteiger partial charge in [0.2, 0.25) is 0 Å². The molecule has 0 aliphatic heterocycles. The van der Waals surface area contributed by atoms with Gasteiger partial charge in [0.1, 0.15) is 0 Å². The summed E-state index contributed by atoms with van der Waals surface area (Å²) in [6, 6.07) is 10.1. The van der Waals surface area contributed by atoms with Crippen LogP contribution in [0.1, 0.15) is 21.7 Å². The van der Waals surface area contributed by atoms with Gasteiger partial charge in [0.25, 0.3) is 0 Å². The molecule has 2 rings (SSSR count). The molecule has 3 nitrogen and oxygen atoms in total. The molecule has 0 amide bonds. The van der Waals surface area contributed by atoms with E-state index in [-0.39, 0.29) is 0 Å². The highest BCUT2D eigenvalue weighted by Crippen LogP contribution is 2.16. The highest BCUT2D eigenvalue weighted by molar-refractivity contribution is 7.05. The zero-order chi connectivity index (χ0) is 12.1. The molecule has 2 aromatic rings. The molecule has 0 aliphatic carbocycles. The molecule has 0 spiro atoms. The standard InChI is InChI=1S/C13H16N2OS/c1-10-13(11(2)17-15-10)8-14-16-9-12-6-4-3-5-7-12/h3-7,14H,8-9H2,1-2H3. The summed E-state index contributed by atoms with van der Waals surface area (Å²) in [7, 11) is 0. The van der Waals surface area contributed by atoms with Crippen LogP contribution in [-0.4, -0.2) is 4.37 Å². The summed E-state index contributed by atoms with van der Waals surface area (Å²) in [5, 5.41) is 0. The average molecular weight is 248 g/mol. The summed E-state index contributed by atoms with van der Waals surface area (Å²) < 4.78 is 4.30. The summed E-state index contributed by atoms with van der Waals surface area (Å²) in [6.45, 7) is 5.40. The predicted octanol–water partition coefficient (Wildman–Crippen LogP) is 2.98. The van der Waals surface area contributed by atoms with Gasteiger partial charge in [-0.25, -0.2) is 0 Å². The topological polar surface area (TPSA) is 34.2 Å². The lowest BCUT2D eigenvalue weighted by molar-refractivity contribution is 0.0233. The lowest BCUT2D eigenvalue weighted by Crippen LogP contribution is -2.14. The van der Waals surface area contributed by atoms with Gasteiger partial charge in [0.05, 0.1) is 12.3 Å². The number of benzene rings is 1. The molecule has 4 heteroatoms. The van der Waals surface area contributed by atoms with Crippen LogP contribution in [0.4, 0.5) is 0 Å². The van der Waals surface area contributed by atoms with Gasteiger partial charge in [-0.3, -0.25) is 4.84 Å². The molecular weight excluding hydrogens is 232 g/mol. The van der Waals surface area contributed by atoms with Gasteiger partial charge < -0.3 is 0 Å². The maximum Gasteiger partial charge on any atom is 0.0933 e. The molecule has 0 bridgehead atoms. The van der Waals surface area contributed by atoms with Crippen LogP contribution in [0, 0.1) is 13.8 Å². The molecule has 0 atom stereocenters. The van der Waals surface area contributed by atoms with Crippen LogP contribution in [0.15, 0.2) is 30.3 Å². The van der Waals surface area contributed by atoms with Gasteiger partial charge in [-0.15, -0.1) is 0 Å². The van der Waals surface area contributed by atoms with Crippen molar-refractivity contribution in [1.82, 2.24) is 9.85 Å². The molecule has 0 radical (unpaired) electrons. The maximum absolute atomic E-state index is 5.43. The van der Waals surface area contributed by atoms with Crippen LogP contribution in [0.3, 0.4) is 0 Å². The molecule has 0 unspecified atom stereocenters. The van der Waals surface area contributed by atoms with E-state index in [1.54, 1.807) is 0 Å². The van der Waals surface area contributed by atoms with Crippen LogP contribution < -0.4 is 5.48 Å². The normalized spacial score (nSPS) is 10.7. The largest absolute Gasteiger partial charge is 0.297 e. The predicted molar refractivity (Wildman–Crippen MR) is 69.7 cm³/mol. The number of aromatic nitrogens is 1. The molecule has 0 saturated heterocycles. The van der Waals surface area contributed by atoms with Crippen molar-refractivity contribution >= 4 is 11.5 Å². The first-order chi connectivity index (χ1) is 8.27. The summed E-state index contributed by atoms with van der Waals surface area (Å²) in [4.78, 5) is 6.68. The van der Waals surface area contributed by atoms with Crippen LogP contribution in [-0.2, 0) is 18.0 Å². The Morgan fingerprint density at radius 2 is 2.00 bits per heavy atom. The second kappa shape index (κ2) is 5.91. The maximum atomic E-state index is 5.43. The highest BCUT2D eigenvalue weighted by atomic mass is 32.1. The van der Waals surface area contributed by atoms with Gasteiger partial charge in [0, 0.05) is 17.0 Å². The van der Waals surface area contributed by atoms with E-state index < -0.39 is 0 Å². The van der Waals surface area contributed by atoms with Gasteiger partial charge in [-0.05, 0) is 30.9 Å². The average Bonchev–Trinajstić information content (AvgIpc) is 2.67. The third-order valence-electron chi connectivity index (χ3n) is 2.61. The number of hydrogen-bond donors (Lipinski definition) is 1. The van der Waals surface area contributed by atoms with Crippen LogP contribution in [0.2, 0.25) is 0 Å². The zero-order valence-electron chi connectivity index (χ0n) is 10.1. The van der Waals surface area contributed by atoms with Gasteiger partial charge in [-0.1, -0.05) is 30.3 Å². The quantitative estimate of drug-likeness (QED) is 0.652. The number of nitrogens with one attached hydrogen (secondary N) is 1. The van der Waals surface area contributed by atoms with Crippen molar-refractivity contribution in [2.75, 3.05) is 0 Å². The van der Waals surface area contributed by atoms with Crippen LogP contribution in [0.5, 0.6) is 0 Å². The lowest BCUT2D eigenvalue weighted by atomic mass is 10.2. The Morgan fingerprint density at radius 1 is 1.24 bits per heavy atom. The minimum absolute atomic E-state index is 0.580. The monoisotopic (exact) mass is 248 g/mol. The highest BCUT2D eigenvalue weighted by Gasteiger charge is 2.05. The second-order valence-electron chi connectivity index (χ2n) is 3.90. The lowest BCUT2D eigenvalue weighted by Gasteiger charge is -2.06. The summed E-state index contributed by atoms with van der Waals surface area (Å²) in [6.07, 6.45) is 0. The molecule has 1 N–H and O–H groups in total. The van der Waals surface area contributed by atoms with E-state index in [0.717, 1.165) is 11.3 Å². The molecule has 0 saturated carbocycles. The Morgan fingerprint density at radius 3 is 2.65 bits per heavy atom. The van der Waals surface area contributed by atoms with Crippen LogP contribution in [0.25, 0.3) is 0 Å². The first-order valence-corrected chi connectivity index (χ1v) is 6.35. The van der Waals surface area contributed by atoms with E-state index in [1.807, 2.05) is 37.3 Å². The van der Waals surface area contributed by atoms with Crippen molar-refractivity contribution in [2.45, 2.75) is 27.0 Å². The summed E-state index contributed by atoms with van der Waals surface area (Å²) in [5.41, 5.74) is 6.47. The minimum atomic E-state index is 0.580. The summed E-state index contributed by atoms with van der Waals surface area (Å²) in [5.74, 6) is 0. The fourth-order valence-corrected chi connectivity index (χ4v) is 2.30. The van der Waals surface area contributed by atoms with Gasteiger partial charge in [0.15, 0.2) is 0 Å². The number of nitrogens with zero attached hydrogens (tertiary/aromatic N) is 1. The number of aryl methyl sites for hydroxylation is 2. The third-order valence-corrected chi connectivity index (χ3v) is 3.50. The van der Waals surface area contributed by atoms with Crippen molar-refractivity contribution < 1.29 is 4.84 Å². The fraction of sp³-hybridized carbons (Fsp3) is 0.308. The molecule has 0 aliphatic rings. The van der Waals surface area contributed by atoms with E-state index in [2.05, 4.69) is 16.8 Å². The van der Waals surface area contributed by atoms with Crippen LogP contribution >= 0.6 is 11.5 Å². The van der Waals surface area contributed by atoms with E-state index in [9.17, 15) is 0 Å². The number of hydrogen-bond acceptors (Lipinski definition) is 4. The van der Waals surface area contributed by atoms with Gasteiger partial charge in [-0.2, -0.15) is 9.85 Å². The molecular formula is C13H16N2OS.